The predicted octanol–water partition coefficient (Wildman–Crippen LogP) is 0.619. The summed E-state index contributed by atoms with van der Waals surface area (Å²) in [6.07, 6.45) is 2.52. The van der Waals surface area contributed by atoms with Gasteiger partial charge in [-0.2, -0.15) is 0 Å². The first-order valence-corrected chi connectivity index (χ1v) is 5.70. The van der Waals surface area contributed by atoms with Crippen LogP contribution in [0.2, 0.25) is 0 Å². The molecule has 2 rings (SSSR count). The molecule has 2 aliphatic rings. The number of aliphatic carboxylic acids is 1. The van der Waals surface area contributed by atoms with Crippen molar-refractivity contribution in [1.29, 1.82) is 0 Å². The minimum Gasteiger partial charge on any atom is -0.481 e. The maximum atomic E-state index is 11.1. The summed E-state index contributed by atoms with van der Waals surface area (Å²) < 4.78 is 0. The fourth-order valence-corrected chi connectivity index (χ4v) is 3.30. The Kier molecular flexibility index (Phi) is 2.98. The van der Waals surface area contributed by atoms with Gasteiger partial charge in [0.25, 0.3) is 0 Å². The summed E-state index contributed by atoms with van der Waals surface area (Å²) >= 11 is 0. The van der Waals surface area contributed by atoms with Crippen molar-refractivity contribution in [2.75, 3.05) is 0 Å². The molecule has 0 amide bonds. The first kappa shape index (κ1) is 10.9. The number of carboxylic acid groups (broad SMARTS) is 1. The van der Waals surface area contributed by atoms with Gasteiger partial charge in [-0.25, -0.2) is 0 Å². The lowest BCUT2D eigenvalue weighted by atomic mass is 9.63. The Morgan fingerprint density at radius 1 is 1.00 bits per heavy atom. The number of aliphatic hydroxyl groups is 2. The van der Waals surface area contributed by atoms with Gasteiger partial charge in [0.2, 0.25) is 0 Å². The van der Waals surface area contributed by atoms with Gasteiger partial charge in [-0.3, -0.25) is 4.79 Å². The topological polar surface area (TPSA) is 77.8 Å². The lowest BCUT2D eigenvalue weighted by Gasteiger charge is -2.44. The minimum absolute atomic E-state index is 0.0106. The third-order valence-electron chi connectivity index (χ3n) is 4.03. The summed E-state index contributed by atoms with van der Waals surface area (Å²) in [4.78, 5) is 11.1. The summed E-state index contributed by atoms with van der Waals surface area (Å²) in [6, 6.07) is 0. The molecule has 0 saturated heterocycles. The number of aliphatic hydroxyl groups excluding tert-OH is 2. The average molecular weight is 214 g/mol. The summed E-state index contributed by atoms with van der Waals surface area (Å²) in [5, 5.41) is 28.8. The van der Waals surface area contributed by atoms with E-state index in [0.717, 1.165) is 12.8 Å². The first-order valence-electron chi connectivity index (χ1n) is 5.70. The zero-order chi connectivity index (χ0) is 11.0. The van der Waals surface area contributed by atoms with Crippen LogP contribution in [0, 0.1) is 17.8 Å². The van der Waals surface area contributed by atoms with Crippen LogP contribution in [-0.4, -0.2) is 33.5 Å². The smallest absolute Gasteiger partial charge is 0.306 e. The molecule has 0 aromatic heterocycles. The highest BCUT2D eigenvalue weighted by Gasteiger charge is 2.46. The monoisotopic (exact) mass is 214 g/mol. The van der Waals surface area contributed by atoms with Crippen LogP contribution in [0.15, 0.2) is 0 Å². The molecular formula is C11H18O4. The molecule has 0 aromatic carbocycles. The van der Waals surface area contributed by atoms with Gasteiger partial charge >= 0.3 is 5.97 Å². The van der Waals surface area contributed by atoms with Gasteiger partial charge in [-0.1, -0.05) is 6.42 Å². The fraction of sp³-hybridized carbons (Fsp3) is 0.909. The van der Waals surface area contributed by atoms with Crippen molar-refractivity contribution >= 4 is 5.97 Å². The maximum Gasteiger partial charge on any atom is 0.306 e. The summed E-state index contributed by atoms with van der Waals surface area (Å²) in [5.41, 5.74) is 0. The molecule has 2 aliphatic carbocycles. The molecule has 86 valence electrons. The predicted molar refractivity (Wildman–Crippen MR) is 53.2 cm³/mol. The minimum atomic E-state index is -0.821. The van der Waals surface area contributed by atoms with Crippen LogP contribution < -0.4 is 0 Å². The van der Waals surface area contributed by atoms with Gasteiger partial charge in [0.15, 0.2) is 0 Å². The Balaban J connectivity index is 2.19. The van der Waals surface area contributed by atoms with Crippen LogP contribution in [-0.2, 0) is 4.79 Å². The lowest BCUT2D eigenvalue weighted by molar-refractivity contribution is -0.155. The van der Waals surface area contributed by atoms with Crippen molar-refractivity contribution in [3.05, 3.63) is 0 Å². The largest absolute Gasteiger partial charge is 0.481 e. The Bertz CT molecular complexity index is 253. The molecule has 0 aliphatic heterocycles. The van der Waals surface area contributed by atoms with E-state index in [-0.39, 0.29) is 11.8 Å². The number of carboxylic acids is 1. The molecular weight excluding hydrogens is 196 g/mol. The van der Waals surface area contributed by atoms with Crippen LogP contribution in [0.25, 0.3) is 0 Å². The number of fused-ring (bicyclic) bond motifs is 1. The van der Waals surface area contributed by atoms with Gasteiger partial charge in [0, 0.05) is 5.92 Å². The van der Waals surface area contributed by atoms with Crippen molar-refractivity contribution < 1.29 is 20.1 Å². The summed E-state index contributed by atoms with van der Waals surface area (Å²) in [7, 11) is 0. The average Bonchev–Trinajstić information content (AvgIpc) is 2.23. The van der Waals surface area contributed by atoms with Crippen molar-refractivity contribution in [2.24, 2.45) is 17.8 Å². The number of rotatable bonds is 1. The Morgan fingerprint density at radius 3 is 2.33 bits per heavy atom. The van der Waals surface area contributed by atoms with Crippen LogP contribution in [0.3, 0.4) is 0 Å². The molecule has 0 heterocycles. The second-order valence-electron chi connectivity index (χ2n) is 4.83. The van der Waals surface area contributed by atoms with Gasteiger partial charge in [0.05, 0.1) is 18.1 Å². The fourth-order valence-electron chi connectivity index (χ4n) is 3.30. The van der Waals surface area contributed by atoms with Crippen molar-refractivity contribution in [3.63, 3.8) is 0 Å². The van der Waals surface area contributed by atoms with E-state index in [9.17, 15) is 15.0 Å². The molecule has 0 radical (unpaired) electrons. The molecule has 0 spiro atoms. The second-order valence-corrected chi connectivity index (χ2v) is 4.83. The third-order valence-corrected chi connectivity index (χ3v) is 4.03. The van der Waals surface area contributed by atoms with Crippen molar-refractivity contribution in [3.8, 4) is 0 Å². The zero-order valence-electron chi connectivity index (χ0n) is 8.67. The molecule has 3 N–H and O–H groups in total. The van der Waals surface area contributed by atoms with Crippen LogP contribution >= 0.6 is 0 Å². The second kappa shape index (κ2) is 4.10. The molecule has 4 heteroatoms. The van der Waals surface area contributed by atoms with E-state index < -0.39 is 24.1 Å². The standard InChI is InChI=1S/C11H18O4/c12-8-4-5-9(13)10-6(8)2-1-3-7(10)11(14)15/h6-10,12-13H,1-5H2,(H,14,15)/t6-,7+,8-,9-,10-/m0/s1. The first-order chi connectivity index (χ1) is 7.11. The highest BCUT2D eigenvalue weighted by Crippen LogP contribution is 2.44. The van der Waals surface area contributed by atoms with Gasteiger partial charge < -0.3 is 15.3 Å². The summed E-state index contributed by atoms with van der Waals surface area (Å²) in [6.45, 7) is 0. The molecule has 0 aromatic rings. The Hall–Kier alpha value is -0.610. The highest BCUT2D eigenvalue weighted by atomic mass is 16.4. The third kappa shape index (κ3) is 1.88. The molecule has 2 fully saturated rings. The van der Waals surface area contributed by atoms with E-state index >= 15 is 0 Å². The van der Waals surface area contributed by atoms with Gasteiger partial charge in [0.1, 0.15) is 0 Å². The SMILES string of the molecule is O=C(O)[C@@H]1CCC[C@@H]2[C@@H]1[C@@H](O)CC[C@@H]2O. The molecule has 0 bridgehead atoms. The molecule has 15 heavy (non-hydrogen) atoms. The summed E-state index contributed by atoms with van der Waals surface area (Å²) in [5.74, 6) is -1.53. The van der Waals surface area contributed by atoms with E-state index in [1.165, 1.54) is 0 Å². The normalized spacial score (nSPS) is 45.9. The maximum absolute atomic E-state index is 11.1. The van der Waals surface area contributed by atoms with E-state index in [1.807, 2.05) is 0 Å². The van der Waals surface area contributed by atoms with E-state index in [2.05, 4.69) is 0 Å². The molecule has 5 atom stereocenters. The molecule has 2 saturated carbocycles. The number of hydrogen-bond donors (Lipinski definition) is 3. The van der Waals surface area contributed by atoms with Crippen LogP contribution in [0.4, 0.5) is 0 Å². The number of carbonyl (C=O) groups is 1. The van der Waals surface area contributed by atoms with Crippen LogP contribution in [0.5, 0.6) is 0 Å². The van der Waals surface area contributed by atoms with E-state index in [1.54, 1.807) is 0 Å². The van der Waals surface area contributed by atoms with E-state index in [0.29, 0.717) is 19.3 Å². The van der Waals surface area contributed by atoms with Gasteiger partial charge in [-0.15, -0.1) is 0 Å². The lowest BCUT2D eigenvalue weighted by Crippen LogP contribution is -2.48. The van der Waals surface area contributed by atoms with Crippen LogP contribution in [0.1, 0.15) is 32.1 Å². The number of hydrogen-bond acceptors (Lipinski definition) is 3. The Labute approximate surface area is 88.9 Å². The van der Waals surface area contributed by atoms with Crippen molar-refractivity contribution in [1.82, 2.24) is 0 Å². The highest BCUT2D eigenvalue weighted by molar-refractivity contribution is 5.70. The van der Waals surface area contributed by atoms with Gasteiger partial charge in [-0.05, 0) is 31.6 Å². The zero-order valence-corrected chi connectivity index (χ0v) is 8.67. The molecule has 4 nitrogen and oxygen atoms in total. The quantitative estimate of drug-likeness (QED) is 0.598. The molecule has 0 unspecified atom stereocenters. The Morgan fingerprint density at radius 2 is 1.67 bits per heavy atom. The van der Waals surface area contributed by atoms with Crippen molar-refractivity contribution in [2.45, 2.75) is 44.3 Å². The van der Waals surface area contributed by atoms with E-state index in [4.69, 9.17) is 5.11 Å².